The Balaban J connectivity index is 1.60. The molecule has 2 aliphatic rings. The van der Waals surface area contributed by atoms with Gasteiger partial charge >= 0.3 is 11.9 Å². The lowest BCUT2D eigenvalue weighted by Crippen LogP contribution is -2.61. The van der Waals surface area contributed by atoms with E-state index in [1.807, 2.05) is 0 Å². The van der Waals surface area contributed by atoms with E-state index in [0.29, 0.717) is 6.42 Å². The number of esters is 2. The van der Waals surface area contributed by atoms with Gasteiger partial charge < -0.3 is 64.2 Å². The van der Waals surface area contributed by atoms with Crippen molar-refractivity contribution >= 4 is 11.9 Å². The SMILES string of the molecule is CCCCCCCCCC/C=C\CCCCCCCCCCCCCC(=O)OC(COC(=O)CC)COC1OC(COC2OC(CO)C(O)C(O)C2O)C(O)C(O)C1O. The number of unbranched alkanes of at least 4 members (excludes halogenated alkanes) is 19. The highest BCUT2D eigenvalue weighted by molar-refractivity contribution is 5.70. The van der Waals surface area contributed by atoms with E-state index in [9.17, 15) is 45.3 Å². The molecule has 11 atom stereocenters. The lowest BCUT2D eigenvalue weighted by molar-refractivity contribution is -0.332. The second kappa shape index (κ2) is 32.9. The van der Waals surface area contributed by atoms with Crippen LogP contribution in [0.5, 0.6) is 0 Å². The number of hydrogen-bond donors (Lipinski definition) is 7. The smallest absolute Gasteiger partial charge is 0.306 e. The van der Waals surface area contributed by atoms with Crippen LogP contribution in [0.2, 0.25) is 0 Å². The fourth-order valence-electron chi connectivity index (χ4n) is 7.19. The Morgan fingerprint density at radius 2 is 1.00 bits per heavy atom. The maximum Gasteiger partial charge on any atom is 0.306 e. The molecule has 0 amide bonds. The molecule has 0 saturated carbocycles. The van der Waals surface area contributed by atoms with Crippen LogP contribution < -0.4 is 0 Å². The normalized spacial score (nSPS) is 27.9. The van der Waals surface area contributed by atoms with Crippen molar-refractivity contribution in [1.82, 2.24) is 0 Å². The number of allylic oxidation sites excluding steroid dienone is 2. The highest BCUT2D eigenvalue weighted by atomic mass is 16.7. The number of hydrogen-bond acceptors (Lipinski definition) is 15. The minimum absolute atomic E-state index is 0.101. The van der Waals surface area contributed by atoms with Gasteiger partial charge in [-0.25, -0.2) is 0 Å². The minimum Gasteiger partial charge on any atom is -0.462 e. The van der Waals surface area contributed by atoms with Crippen LogP contribution in [0.25, 0.3) is 0 Å². The van der Waals surface area contributed by atoms with Crippen LogP contribution >= 0.6 is 0 Å². The van der Waals surface area contributed by atoms with E-state index >= 15 is 0 Å². The molecule has 346 valence electrons. The summed E-state index contributed by atoms with van der Waals surface area (Å²) in [5, 5.41) is 71.2. The molecule has 2 saturated heterocycles. The van der Waals surface area contributed by atoms with Gasteiger partial charge in [-0.15, -0.1) is 0 Å². The Hall–Kier alpha value is -1.76. The lowest BCUT2D eigenvalue weighted by atomic mass is 9.98. The monoisotopic (exact) mass is 849 g/mol. The van der Waals surface area contributed by atoms with Gasteiger partial charge in [0.05, 0.1) is 19.8 Å². The van der Waals surface area contributed by atoms with Gasteiger partial charge in [-0.2, -0.15) is 0 Å². The zero-order valence-corrected chi connectivity index (χ0v) is 36.0. The first-order valence-corrected chi connectivity index (χ1v) is 22.8. The van der Waals surface area contributed by atoms with Gasteiger partial charge in [0.25, 0.3) is 0 Å². The molecule has 59 heavy (non-hydrogen) atoms. The quantitative estimate of drug-likeness (QED) is 0.0266. The minimum atomic E-state index is -1.76. The van der Waals surface area contributed by atoms with Crippen molar-refractivity contribution in [3.63, 3.8) is 0 Å². The van der Waals surface area contributed by atoms with Crippen LogP contribution in [0.4, 0.5) is 0 Å². The molecule has 2 fully saturated rings. The van der Waals surface area contributed by atoms with Crippen LogP contribution in [0, 0.1) is 0 Å². The van der Waals surface area contributed by atoms with Crippen molar-refractivity contribution in [2.45, 2.75) is 229 Å². The van der Waals surface area contributed by atoms with Crippen molar-refractivity contribution in [1.29, 1.82) is 0 Å². The molecular weight excluding hydrogens is 768 g/mol. The van der Waals surface area contributed by atoms with Crippen LogP contribution in [0.1, 0.15) is 162 Å². The third-order valence-corrected chi connectivity index (χ3v) is 11.0. The second-order valence-corrected chi connectivity index (χ2v) is 16.2. The summed E-state index contributed by atoms with van der Waals surface area (Å²) in [7, 11) is 0. The molecule has 2 rings (SSSR count). The topological polar surface area (TPSA) is 231 Å². The van der Waals surface area contributed by atoms with Gasteiger partial charge in [-0.3, -0.25) is 9.59 Å². The predicted octanol–water partition coefficient (Wildman–Crippen LogP) is 4.65. The molecular formula is C44H80O15. The molecule has 2 heterocycles. The number of carbonyl (C=O) groups is 2. The predicted molar refractivity (Wildman–Crippen MR) is 220 cm³/mol. The van der Waals surface area contributed by atoms with Crippen LogP contribution in [0.15, 0.2) is 12.2 Å². The maximum atomic E-state index is 12.7. The fraction of sp³-hybridized carbons (Fsp3) is 0.909. The average Bonchev–Trinajstić information content (AvgIpc) is 3.23. The first-order chi connectivity index (χ1) is 28.5. The number of aliphatic hydroxyl groups excluding tert-OH is 7. The molecule has 0 bridgehead atoms. The average molecular weight is 849 g/mol. The highest BCUT2D eigenvalue weighted by Gasteiger charge is 2.47. The van der Waals surface area contributed by atoms with Crippen LogP contribution in [0.3, 0.4) is 0 Å². The summed E-state index contributed by atoms with van der Waals surface area (Å²) >= 11 is 0. The molecule has 7 N–H and O–H groups in total. The zero-order chi connectivity index (χ0) is 43.3. The maximum absolute atomic E-state index is 12.7. The van der Waals surface area contributed by atoms with E-state index in [0.717, 1.165) is 19.3 Å². The summed E-state index contributed by atoms with van der Waals surface area (Å²) in [6.07, 6.45) is 14.0. The molecule has 0 aromatic rings. The largest absolute Gasteiger partial charge is 0.462 e. The van der Waals surface area contributed by atoms with Gasteiger partial charge in [-0.05, 0) is 32.1 Å². The van der Waals surface area contributed by atoms with E-state index in [-0.39, 0.29) is 26.1 Å². The second-order valence-electron chi connectivity index (χ2n) is 16.2. The van der Waals surface area contributed by atoms with Crippen LogP contribution in [-0.4, -0.2) is 142 Å². The summed E-state index contributed by atoms with van der Waals surface area (Å²) in [6, 6.07) is 0. The van der Waals surface area contributed by atoms with Crippen molar-refractivity contribution in [2.75, 3.05) is 26.4 Å². The van der Waals surface area contributed by atoms with E-state index in [1.54, 1.807) is 6.92 Å². The van der Waals surface area contributed by atoms with Gasteiger partial charge in [0.2, 0.25) is 0 Å². The number of rotatable bonds is 34. The van der Waals surface area contributed by atoms with Crippen molar-refractivity contribution in [2.24, 2.45) is 0 Å². The van der Waals surface area contributed by atoms with E-state index in [2.05, 4.69) is 19.1 Å². The molecule has 2 aliphatic heterocycles. The van der Waals surface area contributed by atoms with Crippen molar-refractivity contribution in [3.05, 3.63) is 12.2 Å². The van der Waals surface area contributed by atoms with E-state index < -0.39 is 92.7 Å². The van der Waals surface area contributed by atoms with E-state index in [4.69, 9.17) is 28.4 Å². The van der Waals surface area contributed by atoms with Gasteiger partial charge in [0, 0.05) is 12.8 Å². The summed E-state index contributed by atoms with van der Waals surface area (Å²) < 4.78 is 32.8. The van der Waals surface area contributed by atoms with Crippen LogP contribution in [-0.2, 0) is 38.0 Å². The van der Waals surface area contributed by atoms with Gasteiger partial charge in [0.15, 0.2) is 18.7 Å². The van der Waals surface area contributed by atoms with Gasteiger partial charge in [0.1, 0.15) is 55.4 Å². The first kappa shape index (κ1) is 53.4. The third kappa shape index (κ3) is 22.2. The standard InChI is InChI=1S/C44H80O15/c1-3-5-6-7-8-9-10-11-12-13-14-15-16-17-18-19-20-21-22-23-24-25-26-27-36(47)57-32(29-54-35(46)4-2)30-55-43-42(53)40(51)38(49)34(59-43)31-56-44-41(52)39(50)37(48)33(28-45)58-44/h13-14,32-34,37-45,48-53H,3-12,15-31H2,1-2H3/b14-13-. The van der Waals surface area contributed by atoms with E-state index in [1.165, 1.54) is 109 Å². The zero-order valence-electron chi connectivity index (χ0n) is 36.0. The van der Waals surface area contributed by atoms with Crippen molar-refractivity contribution in [3.8, 4) is 0 Å². The third-order valence-electron chi connectivity index (χ3n) is 11.0. The Bertz CT molecular complexity index is 1090. The lowest BCUT2D eigenvalue weighted by Gasteiger charge is -2.42. The Morgan fingerprint density at radius 3 is 1.51 bits per heavy atom. The number of ether oxygens (including phenoxy) is 6. The fourth-order valence-corrected chi connectivity index (χ4v) is 7.19. The highest BCUT2D eigenvalue weighted by Crippen LogP contribution is 2.26. The van der Waals surface area contributed by atoms with Crippen molar-refractivity contribution < 1.29 is 73.8 Å². The molecule has 0 aliphatic carbocycles. The Kier molecular flexibility index (Phi) is 29.8. The first-order valence-electron chi connectivity index (χ1n) is 22.8. The summed E-state index contributed by atoms with van der Waals surface area (Å²) in [5.74, 6) is -1.02. The molecule has 0 aromatic carbocycles. The molecule has 15 nitrogen and oxygen atoms in total. The molecule has 15 heteroatoms. The number of carbonyl (C=O) groups excluding carboxylic acids is 2. The molecule has 0 radical (unpaired) electrons. The Labute approximate surface area is 352 Å². The number of aliphatic hydroxyl groups is 7. The molecule has 11 unspecified atom stereocenters. The van der Waals surface area contributed by atoms with Gasteiger partial charge in [-0.1, -0.05) is 129 Å². The Morgan fingerprint density at radius 1 is 0.542 bits per heavy atom. The summed E-state index contributed by atoms with van der Waals surface area (Å²) in [5.41, 5.74) is 0. The summed E-state index contributed by atoms with van der Waals surface area (Å²) in [6.45, 7) is 1.98. The molecule has 0 spiro atoms. The molecule has 0 aromatic heterocycles. The summed E-state index contributed by atoms with van der Waals surface area (Å²) in [4.78, 5) is 24.6.